The van der Waals surface area contributed by atoms with Crippen molar-refractivity contribution in [3.05, 3.63) is 42.0 Å². The molecule has 2 aromatic carbocycles. The average Bonchev–Trinajstić information content (AvgIpc) is 2.27. The van der Waals surface area contributed by atoms with Gasteiger partial charge in [-0.25, -0.2) is 0 Å². The monoisotopic (exact) mass is 210 g/mol. The summed E-state index contributed by atoms with van der Waals surface area (Å²) in [6.07, 6.45) is 0. The lowest BCUT2D eigenvalue weighted by Gasteiger charge is -2.02. The standard InChI is InChI=1S/C13H10N2O/c14-12-6-2-4-10-9(7-8-13(15)16)3-1-5-11(10)12/h1-6H,14H2,(H2,15,16). The quantitative estimate of drug-likeness (QED) is 0.507. The van der Waals surface area contributed by atoms with E-state index in [2.05, 4.69) is 11.8 Å². The first-order valence-electron chi connectivity index (χ1n) is 4.77. The van der Waals surface area contributed by atoms with Crippen LogP contribution in [-0.4, -0.2) is 5.91 Å². The zero-order chi connectivity index (χ0) is 11.5. The number of anilines is 1. The zero-order valence-electron chi connectivity index (χ0n) is 8.53. The van der Waals surface area contributed by atoms with Crippen LogP contribution in [0.4, 0.5) is 5.69 Å². The molecular weight excluding hydrogens is 200 g/mol. The van der Waals surface area contributed by atoms with Crippen LogP contribution in [-0.2, 0) is 4.79 Å². The fraction of sp³-hybridized carbons (Fsp3) is 0. The predicted octanol–water partition coefficient (Wildman–Crippen LogP) is 1.26. The van der Waals surface area contributed by atoms with Crippen molar-refractivity contribution < 1.29 is 4.79 Å². The number of carbonyl (C=O) groups is 1. The van der Waals surface area contributed by atoms with Crippen LogP contribution < -0.4 is 11.5 Å². The molecule has 0 atom stereocenters. The zero-order valence-corrected chi connectivity index (χ0v) is 8.53. The Morgan fingerprint density at radius 1 is 1.06 bits per heavy atom. The Bertz CT molecular complexity index is 621. The van der Waals surface area contributed by atoms with Crippen molar-refractivity contribution in [3.63, 3.8) is 0 Å². The average molecular weight is 210 g/mol. The minimum atomic E-state index is -0.638. The van der Waals surface area contributed by atoms with Crippen LogP contribution in [0.15, 0.2) is 36.4 Å². The second-order valence-electron chi connectivity index (χ2n) is 3.36. The maximum absolute atomic E-state index is 10.6. The molecule has 0 aliphatic rings. The summed E-state index contributed by atoms with van der Waals surface area (Å²) in [5.41, 5.74) is 12.3. The van der Waals surface area contributed by atoms with Gasteiger partial charge >= 0.3 is 0 Å². The predicted molar refractivity (Wildman–Crippen MR) is 64.4 cm³/mol. The summed E-state index contributed by atoms with van der Waals surface area (Å²) in [6, 6.07) is 11.2. The van der Waals surface area contributed by atoms with E-state index in [0.717, 1.165) is 16.3 Å². The summed E-state index contributed by atoms with van der Waals surface area (Å²) in [7, 11) is 0. The first kappa shape index (κ1) is 10.1. The number of fused-ring (bicyclic) bond motifs is 1. The lowest BCUT2D eigenvalue weighted by Crippen LogP contribution is -2.06. The highest BCUT2D eigenvalue weighted by atomic mass is 16.1. The molecule has 3 heteroatoms. The summed E-state index contributed by atoms with van der Waals surface area (Å²) in [5.74, 6) is 4.42. The molecule has 1 amide bonds. The summed E-state index contributed by atoms with van der Waals surface area (Å²) in [4.78, 5) is 10.6. The van der Waals surface area contributed by atoms with Crippen LogP contribution >= 0.6 is 0 Å². The number of hydrogen-bond acceptors (Lipinski definition) is 2. The molecule has 0 aliphatic carbocycles. The van der Waals surface area contributed by atoms with Gasteiger partial charge in [0.25, 0.3) is 5.91 Å². The van der Waals surface area contributed by atoms with Crippen LogP contribution in [0.1, 0.15) is 5.56 Å². The maximum Gasteiger partial charge on any atom is 0.293 e. The van der Waals surface area contributed by atoms with Gasteiger partial charge in [0.05, 0.1) is 0 Å². The van der Waals surface area contributed by atoms with Crippen LogP contribution in [0.3, 0.4) is 0 Å². The topological polar surface area (TPSA) is 69.1 Å². The van der Waals surface area contributed by atoms with Crippen LogP contribution in [0, 0.1) is 11.8 Å². The Balaban J connectivity index is 2.69. The number of primary amides is 1. The van der Waals surface area contributed by atoms with Gasteiger partial charge in [0.2, 0.25) is 0 Å². The SMILES string of the molecule is NC(=O)C#Cc1cccc2c(N)cccc12. The van der Waals surface area contributed by atoms with E-state index in [4.69, 9.17) is 11.5 Å². The molecule has 2 aromatic rings. The normalized spacial score (nSPS) is 9.50. The highest BCUT2D eigenvalue weighted by molar-refractivity contribution is 5.98. The lowest BCUT2D eigenvalue weighted by atomic mass is 10.0. The van der Waals surface area contributed by atoms with Crippen molar-refractivity contribution in [2.24, 2.45) is 5.73 Å². The molecule has 0 aromatic heterocycles. The van der Waals surface area contributed by atoms with E-state index in [1.807, 2.05) is 36.4 Å². The van der Waals surface area contributed by atoms with E-state index < -0.39 is 5.91 Å². The first-order chi connectivity index (χ1) is 7.68. The second-order valence-corrected chi connectivity index (χ2v) is 3.36. The van der Waals surface area contributed by atoms with Gasteiger partial charge in [-0.3, -0.25) is 4.79 Å². The molecule has 0 saturated heterocycles. The molecule has 4 N–H and O–H groups in total. The summed E-state index contributed by atoms with van der Waals surface area (Å²) < 4.78 is 0. The molecule has 2 rings (SSSR count). The number of amides is 1. The van der Waals surface area contributed by atoms with Crippen molar-refractivity contribution in [1.29, 1.82) is 0 Å². The van der Waals surface area contributed by atoms with E-state index in [9.17, 15) is 4.79 Å². The van der Waals surface area contributed by atoms with Gasteiger partial charge in [-0.15, -0.1) is 0 Å². The van der Waals surface area contributed by atoms with Crippen molar-refractivity contribution in [2.45, 2.75) is 0 Å². The molecule has 0 unspecified atom stereocenters. The van der Waals surface area contributed by atoms with Crippen molar-refractivity contribution in [3.8, 4) is 11.8 Å². The molecule has 0 saturated carbocycles. The first-order valence-corrected chi connectivity index (χ1v) is 4.77. The highest BCUT2D eigenvalue weighted by Crippen LogP contribution is 2.23. The number of rotatable bonds is 0. The smallest absolute Gasteiger partial charge is 0.293 e. The summed E-state index contributed by atoms with van der Waals surface area (Å²) in [5, 5.41) is 1.86. The molecule has 16 heavy (non-hydrogen) atoms. The number of benzene rings is 2. The van der Waals surface area contributed by atoms with Crippen molar-refractivity contribution in [2.75, 3.05) is 5.73 Å². The number of hydrogen-bond donors (Lipinski definition) is 2. The van der Waals surface area contributed by atoms with Gasteiger partial charge in [0.1, 0.15) is 0 Å². The third kappa shape index (κ3) is 1.82. The number of nitrogens with two attached hydrogens (primary N) is 2. The van der Waals surface area contributed by atoms with Gasteiger partial charge in [-0.05, 0) is 17.5 Å². The van der Waals surface area contributed by atoms with Gasteiger partial charge in [0, 0.05) is 22.6 Å². The van der Waals surface area contributed by atoms with Crippen molar-refractivity contribution >= 4 is 22.4 Å². The Hall–Kier alpha value is -2.47. The van der Waals surface area contributed by atoms with E-state index >= 15 is 0 Å². The molecule has 0 spiro atoms. The molecule has 0 bridgehead atoms. The Kier molecular flexibility index (Phi) is 2.49. The van der Waals surface area contributed by atoms with Gasteiger partial charge < -0.3 is 11.5 Å². The maximum atomic E-state index is 10.6. The number of nitrogen functional groups attached to an aromatic ring is 1. The van der Waals surface area contributed by atoms with Gasteiger partial charge in [0.15, 0.2) is 0 Å². The van der Waals surface area contributed by atoms with E-state index in [1.54, 1.807) is 0 Å². The Morgan fingerprint density at radius 2 is 1.75 bits per heavy atom. The molecule has 3 nitrogen and oxygen atoms in total. The molecule has 0 aliphatic heterocycles. The van der Waals surface area contributed by atoms with E-state index in [1.165, 1.54) is 0 Å². The van der Waals surface area contributed by atoms with E-state index in [-0.39, 0.29) is 0 Å². The fourth-order valence-electron chi connectivity index (χ4n) is 1.57. The summed E-state index contributed by atoms with van der Waals surface area (Å²) >= 11 is 0. The van der Waals surface area contributed by atoms with Gasteiger partial charge in [-0.1, -0.05) is 30.2 Å². The Labute approximate surface area is 93.0 Å². The minimum Gasteiger partial charge on any atom is -0.398 e. The van der Waals surface area contributed by atoms with Crippen LogP contribution in [0.2, 0.25) is 0 Å². The Morgan fingerprint density at radius 3 is 2.50 bits per heavy atom. The third-order valence-electron chi connectivity index (χ3n) is 2.28. The highest BCUT2D eigenvalue weighted by Gasteiger charge is 2.00. The molecule has 0 heterocycles. The summed E-state index contributed by atoms with van der Waals surface area (Å²) in [6.45, 7) is 0. The largest absolute Gasteiger partial charge is 0.398 e. The molecule has 0 fully saturated rings. The number of carbonyl (C=O) groups excluding carboxylic acids is 1. The second kappa shape index (κ2) is 3.95. The fourth-order valence-corrected chi connectivity index (χ4v) is 1.57. The molecule has 0 radical (unpaired) electrons. The van der Waals surface area contributed by atoms with E-state index in [0.29, 0.717) is 5.69 Å². The lowest BCUT2D eigenvalue weighted by molar-refractivity contribution is -0.112. The molecular formula is C13H10N2O. The minimum absolute atomic E-state index is 0.638. The van der Waals surface area contributed by atoms with Crippen molar-refractivity contribution in [1.82, 2.24) is 0 Å². The van der Waals surface area contributed by atoms with Crippen LogP contribution in [0.25, 0.3) is 10.8 Å². The molecule has 78 valence electrons. The van der Waals surface area contributed by atoms with Gasteiger partial charge in [-0.2, -0.15) is 0 Å². The van der Waals surface area contributed by atoms with Crippen LogP contribution in [0.5, 0.6) is 0 Å². The third-order valence-corrected chi connectivity index (χ3v) is 2.28.